The van der Waals surface area contributed by atoms with Crippen LogP contribution in [0.3, 0.4) is 0 Å². The van der Waals surface area contributed by atoms with Crippen LogP contribution in [-0.4, -0.2) is 42.9 Å². The van der Waals surface area contributed by atoms with Crippen LogP contribution < -0.4 is 15.6 Å². The molecule has 0 spiro atoms. The molecule has 0 radical (unpaired) electrons. The van der Waals surface area contributed by atoms with Crippen LogP contribution in [0.4, 0.5) is 4.79 Å². The van der Waals surface area contributed by atoms with Crippen LogP contribution in [0, 0.1) is 0 Å². The highest BCUT2D eigenvalue weighted by molar-refractivity contribution is 5.89. The van der Waals surface area contributed by atoms with Crippen molar-refractivity contribution < 1.29 is 23.8 Å². The van der Waals surface area contributed by atoms with Gasteiger partial charge in [-0.25, -0.2) is 20.0 Å². The Bertz CT molecular complexity index is 513. The number of carbonyl (C=O) groups excluding carboxylic acids is 2. The molecule has 0 aliphatic heterocycles. The summed E-state index contributed by atoms with van der Waals surface area (Å²) in [5.74, 6) is -0.168. The van der Waals surface area contributed by atoms with Crippen LogP contribution in [0.5, 0.6) is 5.88 Å². The first-order chi connectivity index (χ1) is 10.3. The van der Waals surface area contributed by atoms with Gasteiger partial charge in [0, 0.05) is 18.8 Å². The molecule has 8 heteroatoms. The summed E-state index contributed by atoms with van der Waals surface area (Å²) in [6.07, 6.45) is 0.881. The van der Waals surface area contributed by atoms with Crippen molar-refractivity contribution in [3.63, 3.8) is 0 Å². The van der Waals surface area contributed by atoms with Gasteiger partial charge < -0.3 is 14.2 Å². The number of hydrogen-bond donors (Lipinski definition) is 2. The number of methoxy groups -OCH3 is 1. The van der Waals surface area contributed by atoms with Crippen LogP contribution in [0.2, 0.25) is 0 Å². The van der Waals surface area contributed by atoms with Crippen LogP contribution in [-0.2, 0) is 9.47 Å². The average molecular weight is 311 g/mol. The summed E-state index contributed by atoms with van der Waals surface area (Å²) >= 11 is 0. The summed E-state index contributed by atoms with van der Waals surface area (Å²) in [5, 5.41) is 0. The maximum absolute atomic E-state index is 11.4. The lowest BCUT2D eigenvalue weighted by Gasteiger charge is -2.19. The first kappa shape index (κ1) is 17.7. The molecule has 1 aromatic heterocycles. The van der Waals surface area contributed by atoms with Crippen LogP contribution in [0.1, 0.15) is 31.1 Å². The summed E-state index contributed by atoms with van der Waals surface area (Å²) in [6.45, 7) is 5.90. The Hall–Kier alpha value is -2.35. The Labute approximate surface area is 129 Å². The molecule has 0 fully saturated rings. The molecule has 8 nitrogen and oxygen atoms in total. The van der Waals surface area contributed by atoms with E-state index in [9.17, 15) is 9.59 Å². The summed E-state index contributed by atoms with van der Waals surface area (Å²) in [5.41, 5.74) is 4.84. The first-order valence-corrected chi connectivity index (χ1v) is 6.71. The number of hydrogen-bond acceptors (Lipinski definition) is 7. The van der Waals surface area contributed by atoms with E-state index in [1.54, 1.807) is 20.8 Å². The number of amides is 1. The highest BCUT2D eigenvalue weighted by atomic mass is 16.6. The molecule has 0 atom stereocenters. The minimum atomic E-state index is -0.571. The van der Waals surface area contributed by atoms with E-state index in [0.29, 0.717) is 18.0 Å². The van der Waals surface area contributed by atoms with Gasteiger partial charge in [0.15, 0.2) is 0 Å². The van der Waals surface area contributed by atoms with Gasteiger partial charge in [-0.05, 0) is 26.8 Å². The fourth-order valence-electron chi connectivity index (χ4n) is 1.38. The Morgan fingerprint density at radius 1 is 1.32 bits per heavy atom. The summed E-state index contributed by atoms with van der Waals surface area (Å²) in [6, 6.07) is 3.01. The van der Waals surface area contributed by atoms with E-state index in [2.05, 4.69) is 20.6 Å². The summed E-state index contributed by atoms with van der Waals surface area (Å²) in [4.78, 5) is 26.7. The van der Waals surface area contributed by atoms with Crippen molar-refractivity contribution in [3.05, 3.63) is 23.9 Å². The highest BCUT2D eigenvalue weighted by Crippen LogP contribution is 2.10. The number of hydrazine groups is 1. The molecule has 122 valence electrons. The molecule has 0 aliphatic rings. The van der Waals surface area contributed by atoms with E-state index in [4.69, 9.17) is 9.47 Å². The van der Waals surface area contributed by atoms with Crippen molar-refractivity contribution in [2.45, 2.75) is 26.4 Å². The molecule has 1 aromatic rings. The zero-order valence-corrected chi connectivity index (χ0v) is 13.1. The molecular formula is C14H21N3O5. The Morgan fingerprint density at radius 2 is 2.05 bits per heavy atom. The van der Waals surface area contributed by atoms with Crippen molar-refractivity contribution in [3.8, 4) is 5.88 Å². The van der Waals surface area contributed by atoms with E-state index < -0.39 is 17.7 Å². The van der Waals surface area contributed by atoms with E-state index >= 15 is 0 Å². The Kier molecular flexibility index (Phi) is 6.58. The van der Waals surface area contributed by atoms with Gasteiger partial charge in [0.05, 0.1) is 12.7 Å². The van der Waals surface area contributed by atoms with Crippen molar-refractivity contribution in [1.29, 1.82) is 0 Å². The van der Waals surface area contributed by atoms with Gasteiger partial charge in [0.2, 0.25) is 5.88 Å². The SMILES string of the molecule is COC(=O)c1ccnc(OCCNNC(=O)OC(C)(C)C)c1. The van der Waals surface area contributed by atoms with E-state index in [1.807, 2.05) is 0 Å². The maximum Gasteiger partial charge on any atom is 0.422 e. The number of esters is 1. The molecule has 0 aromatic carbocycles. The Morgan fingerprint density at radius 3 is 2.68 bits per heavy atom. The fraction of sp³-hybridized carbons (Fsp3) is 0.500. The van der Waals surface area contributed by atoms with Gasteiger partial charge in [-0.15, -0.1) is 0 Å². The zero-order valence-electron chi connectivity index (χ0n) is 13.1. The van der Waals surface area contributed by atoms with E-state index in [0.717, 1.165) is 0 Å². The monoisotopic (exact) mass is 311 g/mol. The molecule has 2 N–H and O–H groups in total. The standard InChI is InChI=1S/C14H21N3O5/c1-14(2,3)22-13(19)17-16-7-8-21-11-9-10(5-6-15-11)12(18)20-4/h5-6,9,16H,7-8H2,1-4H3,(H,17,19). The Balaban J connectivity index is 2.28. The molecule has 0 saturated carbocycles. The topological polar surface area (TPSA) is 98.8 Å². The number of pyridine rings is 1. The van der Waals surface area contributed by atoms with E-state index in [-0.39, 0.29) is 6.61 Å². The number of rotatable bonds is 6. The van der Waals surface area contributed by atoms with Gasteiger partial charge in [-0.3, -0.25) is 5.43 Å². The second-order valence-corrected chi connectivity index (χ2v) is 5.28. The molecule has 22 heavy (non-hydrogen) atoms. The molecule has 0 aliphatic carbocycles. The third-order valence-corrected chi connectivity index (χ3v) is 2.22. The number of carbonyl (C=O) groups is 2. The fourth-order valence-corrected chi connectivity index (χ4v) is 1.38. The third kappa shape index (κ3) is 6.89. The van der Waals surface area contributed by atoms with Gasteiger partial charge in [0.25, 0.3) is 0 Å². The van der Waals surface area contributed by atoms with Gasteiger partial charge in [-0.2, -0.15) is 0 Å². The largest absolute Gasteiger partial charge is 0.476 e. The molecule has 1 heterocycles. The van der Waals surface area contributed by atoms with Crippen molar-refractivity contribution >= 4 is 12.1 Å². The maximum atomic E-state index is 11.4. The molecule has 1 rings (SSSR count). The number of aromatic nitrogens is 1. The van der Waals surface area contributed by atoms with Gasteiger partial charge in [-0.1, -0.05) is 0 Å². The minimum absolute atomic E-state index is 0.243. The van der Waals surface area contributed by atoms with Crippen LogP contribution in [0.15, 0.2) is 18.3 Å². The lowest BCUT2D eigenvalue weighted by molar-refractivity contribution is 0.0494. The van der Waals surface area contributed by atoms with Crippen LogP contribution in [0.25, 0.3) is 0 Å². The smallest absolute Gasteiger partial charge is 0.422 e. The summed E-state index contributed by atoms with van der Waals surface area (Å²) in [7, 11) is 1.30. The van der Waals surface area contributed by atoms with Crippen molar-refractivity contribution in [2.75, 3.05) is 20.3 Å². The van der Waals surface area contributed by atoms with Gasteiger partial charge >= 0.3 is 12.1 Å². The molecule has 0 bridgehead atoms. The molecule has 0 unspecified atom stereocenters. The highest BCUT2D eigenvalue weighted by Gasteiger charge is 2.15. The third-order valence-electron chi connectivity index (χ3n) is 2.22. The first-order valence-electron chi connectivity index (χ1n) is 6.71. The van der Waals surface area contributed by atoms with Crippen molar-refractivity contribution in [2.24, 2.45) is 0 Å². The van der Waals surface area contributed by atoms with Crippen LogP contribution >= 0.6 is 0 Å². The molecular weight excluding hydrogens is 290 g/mol. The normalized spacial score (nSPS) is 10.7. The lowest BCUT2D eigenvalue weighted by Crippen LogP contribution is -2.42. The average Bonchev–Trinajstić information content (AvgIpc) is 2.44. The van der Waals surface area contributed by atoms with Gasteiger partial charge in [0.1, 0.15) is 12.2 Å². The zero-order chi connectivity index (χ0) is 16.6. The van der Waals surface area contributed by atoms with E-state index in [1.165, 1.54) is 25.4 Å². The second kappa shape index (κ2) is 8.18. The minimum Gasteiger partial charge on any atom is -0.476 e. The number of ether oxygens (including phenoxy) is 3. The predicted molar refractivity (Wildman–Crippen MR) is 78.4 cm³/mol. The summed E-state index contributed by atoms with van der Waals surface area (Å²) < 4.78 is 15.0. The predicted octanol–water partition coefficient (Wildman–Crippen LogP) is 1.28. The number of nitrogens with one attached hydrogen (secondary N) is 2. The molecule has 1 amide bonds. The quantitative estimate of drug-likeness (QED) is 0.464. The second-order valence-electron chi connectivity index (χ2n) is 5.28. The van der Waals surface area contributed by atoms with Crippen molar-refractivity contribution in [1.82, 2.24) is 15.8 Å². The number of nitrogens with zero attached hydrogens (tertiary/aromatic N) is 1. The lowest BCUT2D eigenvalue weighted by atomic mass is 10.2. The molecule has 0 saturated heterocycles.